The molecule has 1 saturated heterocycles. The molecule has 0 spiro atoms. The van der Waals surface area contributed by atoms with Gasteiger partial charge < -0.3 is 15.1 Å². The third-order valence-electron chi connectivity index (χ3n) is 4.64. The van der Waals surface area contributed by atoms with Crippen LogP contribution in [0.1, 0.15) is 5.56 Å². The number of likely N-dealkylation sites (N-methyl/N-ethyl adjacent to an activating group) is 1. The number of halogens is 3. The van der Waals surface area contributed by atoms with E-state index in [1.54, 1.807) is 16.8 Å². The highest BCUT2D eigenvalue weighted by molar-refractivity contribution is 5.61. The van der Waals surface area contributed by atoms with E-state index in [-0.39, 0.29) is 0 Å². The molecule has 3 aromatic rings. The Kier molecular flexibility index (Phi) is 4.39. The minimum atomic E-state index is -4.38. The normalized spacial score (nSPS) is 16.1. The van der Waals surface area contributed by atoms with E-state index in [0.717, 1.165) is 44.1 Å². The van der Waals surface area contributed by atoms with Gasteiger partial charge in [-0.2, -0.15) is 17.7 Å². The summed E-state index contributed by atoms with van der Waals surface area (Å²) < 4.78 is 40.4. The van der Waals surface area contributed by atoms with Gasteiger partial charge in [-0.05, 0) is 37.4 Å². The molecule has 0 bridgehead atoms. The molecule has 142 valence electrons. The number of rotatable bonds is 3. The lowest BCUT2D eigenvalue weighted by Gasteiger charge is -2.33. The fourth-order valence-corrected chi connectivity index (χ4v) is 3.07. The van der Waals surface area contributed by atoms with E-state index in [1.807, 2.05) is 12.1 Å². The highest BCUT2D eigenvalue weighted by atomic mass is 19.4. The van der Waals surface area contributed by atoms with E-state index in [9.17, 15) is 13.2 Å². The Labute approximate surface area is 154 Å². The lowest BCUT2D eigenvalue weighted by Crippen LogP contribution is -2.44. The van der Waals surface area contributed by atoms with Gasteiger partial charge in [0.1, 0.15) is 5.82 Å². The second-order valence-corrected chi connectivity index (χ2v) is 6.60. The number of imidazole rings is 1. The Morgan fingerprint density at radius 3 is 2.56 bits per heavy atom. The molecule has 3 heterocycles. The molecule has 27 heavy (non-hydrogen) atoms. The van der Waals surface area contributed by atoms with E-state index in [1.165, 1.54) is 6.07 Å². The summed E-state index contributed by atoms with van der Waals surface area (Å²) >= 11 is 0. The topological polar surface area (TPSA) is 48.7 Å². The Balaban J connectivity index is 1.62. The van der Waals surface area contributed by atoms with Crippen LogP contribution in [0.2, 0.25) is 0 Å². The van der Waals surface area contributed by atoms with Crippen LogP contribution >= 0.6 is 0 Å². The number of piperazine rings is 1. The molecule has 0 atom stereocenters. The number of alkyl halides is 3. The minimum absolute atomic E-state index is 0.332. The lowest BCUT2D eigenvalue weighted by atomic mass is 10.2. The number of hydrogen-bond donors (Lipinski definition) is 1. The fraction of sp³-hybridized carbons (Fsp3) is 0.333. The Morgan fingerprint density at radius 2 is 1.81 bits per heavy atom. The van der Waals surface area contributed by atoms with Crippen molar-refractivity contribution in [2.24, 2.45) is 0 Å². The fourth-order valence-electron chi connectivity index (χ4n) is 3.07. The third-order valence-corrected chi connectivity index (χ3v) is 4.64. The summed E-state index contributed by atoms with van der Waals surface area (Å²) in [6, 6.07) is 8.85. The largest absolute Gasteiger partial charge is 0.416 e. The molecule has 6 nitrogen and oxygen atoms in total. The van der Waals surface area contributed by atoms with Gasteiger partial charge in [-0.1, -0.05) is 6.07 Å². The van der Waals surface area contributed by atoms with Gasteiger partial charge in [-0.3, -0.25) is 0 Å². The molecule has 0 unspecified atom stereocenters. The molecule has 1 aliphatic rings. The van der Waals surface area contributed by atoms with E-state index >= 15 is 0 Å². The second-order valence-electron chi connectivity index (χ2n) is 6.60. The summed E-state index contributed by atoms with van der Waals surface area (Å²) in [5, 5.41) is 7.62. The summed E-state index contributed by atoms with van der Waals surface area (Å²) in [4.78, 5) is 8.72. The zero-order chi connectivity index (χ0) is 19.0. The average molecular weight is 376 g/mol. The first kappa shape index (κ1) is 17.6. The van der Waals surface area contributed by atoms with Gasteiger partial charge in [0.05, 0.1) is 11.8 Å². The van der Waals surface area contributed by atoms with Gasteiger partial charge in [0.15, 0.2) is 11.5 Å². The van der Waals surface area contributed by atoms with Crippen LogP contribution in [0.5, 0.6) is 0 Å². The van der Waals surface area contributed by atoms with Gasteiger partial charge in [0.2, 0.25) is 0 Å². The van der Waals surface area contributed by atoms with Crippen LogP contribution < -0.4 is 10.2 Å². The molecule has 0 radical (unpaired) electrons. The predicted molar refractivity (Wildman–Crippen MR) is 97.4 cm³/mol. The maximum absolute atomic E-state index is 12.9. The van der Waals surface area contributed by atoms with Crippen LogP contribution in [0.15, 0.2) is 42.6 Å². The van der Waals surface area contributed by atoms with Crippen molar-refractivity contribution in [1.82, 2.24) is 19.5 Å². The van der Waals surface area contributed by atoms with Crippen molar-refractivity contribution in [3.63, 3.8) is 0 Å². The summed E-state index contributed by atoms with van der Waals surface area (Å²) in [7, 11) is 2.08. The van der Waals surface area contributed by atoms with Crippen LogP contribution in [0, 0.1) is 0 Å². The Morgan fingerprint density at radius 1 is 1.04 bits per heavy atom. The summed E-state index contributed by atoms with van der Waals surface area (Å²) in [6.45, 7) is 3.66. The number of fused-ring (bicyclic) bond motifs is 1. The third kappa shape index (κ3) is 3.68. The van der Waals surface area contributed by atoms with E-state index in [0.29, 0.717) is 17.2 Å². The van der Waals surface area contributed by atoms with Crippen LogP contribution in [-0.4, -0.2) is 52.7 Å². The smallest absolute Gasteiger partial charge is 0.353 e. The van der Waals surface area contributed by atoms with Gasteiger partial charge in [0, 0.05) is 31.9 Å². The molecule has 1 fully saturated rings. The first-order valence-electron chi connectivity index (χ1n) is 8.63. The van der Waals surface area contributed by atoms with Crippen molar-refractivity contribution < 1.29 is 13.2 Å². The molecular weight excluding hydrogens is 357 g/mol. The number of nitrogens with zero attached hydrogens (tertiary/aromatic N) is 5. The van der Waals surface area contributed by atoms with E-state index in [2.05, 4.69) is 32.2 Å². The minimum Gasteiger partial charge on any atom is -0.353 e. The van der Waals surface area contributed by atoms with E-state index in [4.69, 9.17) is 0 Å². The van der Waals surface area contributed by atoms with Gasteiger partial charge in [0.25, 0.3) is 0 Å². The van der Waals surface area contributed by atoms with Crippen molar-refractivity contribution in [2.45, 2.75) is 6.18 Å². The van der Waals surface area contributed by atoms with Crippen LogP contribution in [0.4, 0.5) is 30.5 Å². The average Bonchev–Trinajstić information content (AvgIpc) is 3.04. The number of aromatic nitrogens is 3. The van der Waals surface area contributed by atoms with Crippen LogP contribution in [0.25, 0.3) is 5.65 Å². The SMILES string of the molecule is CN1CCN(c2ccc3ncc(Nc4cccc(C(F)(F)F)c4)n3n2)CC1. The number of benzene rings is 1. The van der Waals surface area contributed by atoms with Crippen molar-refractivity contribution in [2.75, 3.05) is 43.4 Å². The predicted octanol–water partition coefficient (Wildman–Crippen LogP) is 3.24. The number of anilines is 3. The molecule has 1 aliphatic heterocycles. The Hall–Kier alpha value is -2.81. The summed E-state index contributed by atoms with van der Waals surface area (Å²) in [5.74, 6) is 1.33. The maximum atomic E-state index is 12.9. The first-order chi connectivity index (χ1) is 12.9. The maximum Gasteiger partial charge on any atom is 0.416 e. The van der Waals surface area contributed by atoms with Crippen LogP contribution in [0.3, 0.4) is 0 Å². The van der Waals surface area contributed by atoms with Gasteiger partial charge in [-0.25, -0.2) is 4.98 Å². The molecule has 1 aromatic carbocycles. The van der Waals surface area contributed by atoms with Crippen LogP contribution in [-0.2, 0) is 6.18 Å². The standard InChI is InChI=1S/C18H19F3N6/c1-25-7-9-26(10-8-25)16-6-5-15-22-12-17(27(15)24-16)23-14-4-2-3-13(11-14)18(19,20)21/h2-6,11-12,23H,7-10H2,1H3. The quantitative estimate of drug-likeness (QED) is 0.761. The first-order valence-corrected chi connectivity index (χ1v) is 8.63. The molecule has 9 heteroatoms. The molecule has 4 rings (SSSR count). The molecule has 0 saturated carbocycles. The molecule has 0 amide bonds. The number of hydrogen-bond acceptors (Lipinski definition) is 5. The molecule has 0 aliphatic carbocycles. The van der Waals surface area contributed by atoms with Gasteiger partial charge >= 0.3 is 6.18 Å². The van der Waals surface area contributed by atoms with Crippen molar-refractivity contribution in [3.05, 3.63) is 48.2 Å². The second kappa shape index (κ2) is 6.73. The number of nitrogens with one attached hydrogen (secondary N) is 1. The van der Waals surface area contributed by atoms with E-state index < -0.39 is 11.7 Å². The Bertz CT molecular complexity index is 944. The summed E-state index contributed by atoms with van der Waals surface area (Å²) in [6.07, 6.45) is -2.82. The molecule has 2 aromatic heterocycles. The lowest BCUT2D eigenvalue weighted by molar-refractivity contribution is -0.137. The van der Waals surface area contributed by atoms with Crippen molar-refractivity contribution in [3.8, 4) is 0 Å². The van der Waals surface area contributed by atoms with Crippen molar-refractivity contribution in [1.29, 1.82) is 0 Å². The monoisotopic (exact) mass is 376 g/mol. The molecular formula is C18H19F3N6. The zero-order valence-corrected chi connectivity index (χ0v) is 14.7. The highest BCUT2D eigenvalue weighted by Crippen LogP contribution is 2.31. The van der Waals surface area contributed by atoms with Gasteiger partial charge in [-0.15, -0.1) is 5.10 Å². The van der Waals surface area contributed by atoms with Crippen molar-refractivity contribution >= 4 is 23.0 Å². The zero-order valence-electron chi connectivity index (χ0n) is 14.7. The summed E-state index contributed by atoms with van der Waals surface area (Å²) in [5.41, 5.74) is 0.258. The molecule has 1 N–H and O–H groups in total. The highest BCUT2D eigenvalue weighted by Gasteiger charge is 2.30.